The average Bonchev–Trinajstić information content (AvgIpc) is 2.67. The fourth-order valence-electron chi connectivity index (χ4n) is 3.09. The van der Waals surface area contributed by atoms with E-state index in [4.69, 9.17) is 11.6 Å². The van der Waals surface area contributed by atoms with Gasteiger partial charge in [-0.3, -0.25) is 14.9 Å². The Bertz CT molecular complexity index is 930. The highest BCUT2D eigenvalue weighted by Gasteiger charge is 2.22. The first-order valence-electron chi connectivity index (χ1n) is 8.76. The summed E-state index contributed by atoms with van der Waals surface area (Å²) in [7, 11) is 2.02. The molecule has 148 valence electrons. The number of nitrogens with zero attached hydrogens (tertiary/aromatic N) is 3. The van der Waals surface area contributed by atoms with E-state index in [-0.39, 0.29) is 21.8 Å². The molecule has 1 aliphatic heterocycles. The summed E-state index contributed by atoms with van der Waals surface area (Å²) in [4.78, 5) is 27.7. The second-order valence-corrected chi connectivity index (χ2v) is 7.11. The first-order valence-corrected chi connectivity index (χ1v) is 9.13. The van der Waals surface area contributed by atoms with Gasteiger partial charge in [-0.2, -0.15) is 0 Å². The van der Waals surface area contributed by atoms with Crippen LogP contribution >= 0.6 is 11.6 Å². The van der Waals surface area contributed by atoms with Gasteiger partial charge in [-0.15, -0.1) is 0 Å². The Morgan fingerprint density at radius 1 is 1.21 bits per heavy atom. The Morgan fingerprint density at radius 3 is 2.54 bits per heavy atom. The molecule has 0 bridgehead atoms. The van der Waals surface area contributed by atoms with Crippen LogP contribution in [0.3, 0.4) is 0 Å². The number of benzene rings is 2. The lowest BCUT2D eigenvalue weighted by atomic mass is 10.1. The highest BCUT2D eigenvalue weighted by Crippen LogP contribution is 2.32. The van der Waals surface area contributed by atoms with E-state index in [0.29, 0.717) is 11.4 Å². The van der Waals surface area contributed by atoms with Crippen molar-refractivity contribution in [1.29, 1.82) is 0 Å². The zero-order chi connectivity index (χ0) is 20.4. The van der Waals surface area contributed by atoms with E-state index < -0.39 is 16.6 Å². The number of amides is 1. The molecule has 0 aromatic heterocycles. The molecule has 1 fully saturated rings. The summed E-state index contributed by atoms with van der Waals surface area (Å²) < 4.78 is 13.6. The van der Waals surface area contributed by atoms with Gasteiger partial charge in [0.2, 0.25) is 0 Å². The number of anilines is 2. The maximum atomic E-state index is 13.6. The van der Waals surface area contributed by atoms with Crippen molar-refractivity contribution in [2.75, 3.05) is 43.4 Å². The third-order valence-corrected chi connectivity index (χ3v) is 5.34. The molecule has 0 unspecified atom stereocenters. The number of nitro groups is 1. The molecule has 0 saturated carbocycles. The lowest BCUT2D eigenvalue weighted by molar-refractivity contribution is -0.384. The van der Waals surface area contributed by atoms with E-state index in [0.717, 1.165) is 26.2 Å². The van der Waals surface area contributed by atoms with Gasteiger partial charge in [0.15, 0.2) is 0 Å². The lowest BCUT2D eigenvalue weighted by Gasteiger charge is -2.35. The van der Waals surface area contributed by atoms with Gasteiger partial charge in [0.25, 0.3) is 11.6 Å². The zero-order valence-electron chi connectivity index (χ0n) is 15.5. The summed E-state index contributed by atoms with van der Waals surface area (Å²) in [6, 6.07) is 6.85. The standard InChI is InChI=1S/C19H20ClFN4O3/c1-12-15(21)5-4-14(18(12)20)19(26)22-16-11-13(25(27)28)3-6-17(16)24-9-7-23(2)8-10-24/h3-6,11H,7-10H2,1-2H3,(H,22,26). The van der Waals surface area contributed by atoms with E-state index in [2.05, 4.69) is 15.1 Å². The summed E-state index contributed by atoms with van der Waals surface area (Å²) in [6.07, 6.45) is 0. The van der Waals surface area contributed by atoms with Crippen LogP contribution in [0.1, 0.15) is 15.9 Å². The first-order chi connectivity index (χ1) is 13.3. The number of carbonyl (C=O) groups excluding carboxylic acids is 1. The minimum Gasteiger partial charge on any atom is -0.367 e. The van der Waals surface area contributed by atoms with E-state index >= 15 is 0 Å². The van der Waals surface area contributed by atoms with Crippen molar-refractivity contribution in [3.63, 3.8) is 0 Å². The van der Waals surface area contributed by atoms with Crippen molar-refractivity contribution in [3.8, 4) is 0 Å². The van der Waals surface area contributed by atoms with Crippen LogP contribution in [-0.4, -0.2) is 49.0 Å². The molecule has 0 aliphatic carbocycles. The van der Waals surface area contributed by atoms with Gasteiger partial charge in [0.05, 0.1) is 26.9 Å². The van der Waals surface area contributed by atoms with Gasteiger partial charge in [0.1, 0.15) is 5.82 Å². The highest BCUT2D eigenvalue weighted by atomic mass is 35.5. The number of piperazine rings is 1. The normalized spacial score (nSPS) is 14.8. The van der Waals surface area contributed by atoms with Crippen molar-refractivity contribution in [2.45, 2.75) is 6.92 Å². The van der Waals surface area contributed by atoms with Crippen LogP contribution in [0.2, 0.25) is 5.02 Å². The molecular formula is C19H20ClFN4O3. The molecule has 2 aromatic carbocycles. The Kier molecular flexibility index (Phi) is 5.81. The van der Waals surface area contributed by atoms with Crippen molar-refractivity contribution in [3.05, 3.63) is 62.4 Å². The molecule has 7 nitrogen and oxygen atoms in total. The molecule has 1 N–H and O–H groups in total. The van der Waals surface area contributed by atoms with Crippen molar-refractivity contribution >= 4 is 34.6 Å². The van der Waals surface area contributed by atoms with Crippen molar-refractivity contribution < 1.29 is 14.1 Å². The number of non-ortho nitro benzene ring substituents is 1. The number of nitrogens with one attached hydrogen (secondary N) is 1. The minimum absolute atomic E-state index is 0.0177. The Balaban J connectivity index is 1.95. The molecule has 1 amide bonds. The maximum Gasteiger partial charge on any atom is 0.271 e. The summed E-state index contributed by atoms with van der Waals surface area (Å²) >= 11 is 6.12. The SMILES string of the molecule is Cc1c(F)ccc(C(=O)Nc2cc([N+](=O)[O-])ccc2N2CCN(C)CC2)c1Cl. The molecule has 0 radical (unpaired) electrons. The smallest absolute Gasteiger partial charge is 0.271 e. The summed E-state index contributed by atoms with van der Waals surface area (Å²) in [5, 5.41) is 13.9. The fourth-order valence-corrected chi connectivity index (χ4v) is 3.33. The number of likely N-dealkylation sites (N-methyl/N-ethyl adjacent to an activating group) is 1. The maximum absolute atomic E-state index is 13.6. The molecule has 0 spiro atoms. The van der Waals surface area contributed by atoms with Gasteiger partial charge >= 0.3 is 0 Å². The van der Waals surface area contributed by atoms with Crippen LogP contribution < -0.4 is 10.2 Å². The Morgan fingerprint density at radius 2 is 1.89 bits per heavy atom. The predicted octanol–water partition coefficient (Wildman–Crippen LogP) is 3.70. The predicted molar refractivity (Wildman–Crippen MR) is 107 cm³/mol. The Labute approximate surface area is 166 Å². The molecule has 3 rings (SSSR count). The number of nitro benzene ring substituents is 1. The van der Waals surface area contributed by atoms with Gasteiger partial charge in [-0.1, -0.05) is 11.6 Å². The van der Waals surface area contributed by atoms with E-state index in [1.165, 1.54) is 31.2 Å². The van der Waals surface area contributed by atoms with Crippen LogP contribution in [0.5, 0.6) is 0 Å². The molecule has 0 atom stereocenters. The molecule has 9 heteroatoms. The fraction of sp³-hybridized carbons (Fsp3) is 0.316. The first kappa shape index (κ1) is 20.0. The van der Waals surface area contributed by atoms with Gasteiger partial charge in [-0.05, 0) is 32.2 Å². The lowest BCUT2D eigenvalue weighted by Crippen LogP contribution is -2.44. The summed E-state index contributed by atoms with van der Waals surface area (Å²) in [5.74, 6) is -1.06. The Hall–Kier alpha value is -2.71. The monoisotopic (exact) mass is 406 g/mol. The van der Waals surface area contributed by atoms with Crippen LogP contribution in [0.4, 0.5) is 21.5 Å². The van der Waals surface area contributed by atoms with Crippen LogP contribution in [-0.2, 0) is 0 Å². The van der Waals surface area contributed by atoms with Crippen LogP contribution in [0.25, 0.3) is 0 Å². The molecule has 1 heterocycles. The summed E-state index contributed by atoms with van der Waals surface area (Å²) in [6.45, 7) is 4.62. The van der Waals surface area contributed by atoms with Gasteiger partial charge in [0, 0.05) is 43.9 Å². The minimum atomic E-state index is -0.552. The third-order valence-electron chi connectivity index (χ3n) is 4.85. The van der Waals surface area contributed by atoms with Gasteiger partial charge < -0.3 is 15.1 Å². The van der Waals surface area contributed by atoms with Gasteiger partial charge in [-0.25, -0.2) is 4.39 Å². The number of hydrogen-bond donors (Lipinski definition) is 1. The zero-order valence-corrected chi connectivity index (χ0v) is 16.3. The van der Waals surface area contributed by atoms with Crippen molar-refractivity contribution in [1.82, 2.24) is 4.90 Å². The van der Waals surface area contributed by atoms with Crippen LogP contribution in [0, 0.1) is 22.9 Å². The quantitative estimate of drug-likeness (QED) is 0.618. The second kappa shape index (κ2) is 8.12. The van der Waals surface area contributed by atoms with E-state index in [1.54, 1.807) is 6.07 Å². The van der Waals surface area contributed by atoms with E-state index in [9.17, 15) is 19.3 Å². The third kappa shape index (κ3) is 4.07. The van der Waals surface area contributed by atoms with E-state index in [1.807, 2.05) is 7.05 Å². The molecule has 1 saturated heterocycles. The number of carbonyl (C=O) groups is 1. The highest BCUT2D eigenvalue weighted by molar-refractivity contribution is 6.35. The second-order valence-electron chi connectivity index (χ2n) is 6.74. The van der Waals surface area contributed by atoms with Crippen molar-refractivity contribution in [2.24, 2.45) is 0 Å². The molecule has 2 aromatic rings. The molecule has 28 heavy (non-hydrogen) atoms. The number of hydrogen-bond acceptors (Lipinski definition) is 5. The topological polar surface area (TPSA) is 78.7 Å². The number of rotatable bonds is 4. The number of halogens is 2. The molecule has 1 aliphatic rings. The van der Waals surface area contributed by atoms with Crippen LogP contribution in [0.15, 0.2) is 30.3 Å². The average molecular weight is 407 g/mol. The largest absolute Gasteiger partial charge is 0.367 e. The molecular weight excluding hydrogens is 387 g/mol. The summed E-state index contributed by atoms with van der Waals surface area (Å²) in [5.41, 5.74) is 1.17.